The zero-order valence-electron chi connectivity index (χ0n) is 16.0. The quantitative estimate of drug-likeness (QED) is 0.457. The van der Waals surface area contributed by atoms with Crippen LogP contribution in [-0.2, 0) is 6.42 Å². The summed E-state index contributed by atoms with van der Waals surface area (Å²) in [5.74, 6) is 0.789. The van der Waals surface area contributed by atoms with E-state index in [2.05, 4.69) is 4.98 Å². The van der Waals surface area contributed by atoms with E-state index in [9.17, 15) is 13.2 Å². The highest BCUT2D eigenvalue weighted by atomic mass is 19.4. The van der Waals surface area contributed by atoms with E-state index in [0.717, 1.165) is 5.56 Å². The number of nitrogens with zero attached hydrogens (tertiary/aromatic N) is 1. The number of hydrogen-bond acceptors (Lipinski definition) is 4. The van der Waals surface area contributed by atoms with Crippen molar-refractivity contribution in [3.05, 3.63) is 48.0 Å². The predicted molar refractivity (Wildman–Crippen MR) is 99.9 cm³/mol. The number of para-hydroxylation sites is 2. The molecule has 28 heavy (non-hydrogen) atoms. The van der Waals surface area contributed by atoms with E-state index in [1.807, 2.05) is 12.1 Å². The highest BCUT2D eigenvalue weighted by Crippen LogP contribution is 2.44. The molecule has 0 spiro atoms. The number of fused-ring (bicyclic) bond motifs is 1. The molecule has 4 nitrogen and oxygen atoms in total. The molecular weight excluding hydrogens is 371 g/mol. The van der Waals surface area contributed by atoms with Gasteiger partial charge in [0.2, 0.25) is 0 Å². The number of alkyl halides is 3. The molecule has 0 saturated carbocycles. The second-order valence-electron chi connectivity index (χ2n) is 6.95. The average Bonchev–Trinajstić information content (AvgIpc) is 3.08. The van der Waals surface area contributed by atoms with Crippen LogP contribution < -0.4 is 9.47 Å². The second-order valence-corrected chi connectivity index (χ2v) is 6.95. The normalized spacial score (nSPS) is 14.1. The first kappa shape index (κ1) is 20.0. The molecule has 1 aromatic heterocycles. The molecule has 2 aromatic carbocycles. The minimum atomic E-state index is -4.23. The second kappa shape index (κ2) is 7.73. The first-order valence-corrected chi connectivity index (χ1v) is 9.03. The first-order chi connectivity index (χ1) is 13.3. The van der Waals surface area contributed by atoms with E-state index in [1.54, 1.807) is 37.3 Å². The van der Waals surface area contributed by atoms with Gasteiger partial charge in [-0.25, -0.2) is 0 Å². The maximum Gasteiger partial charge on any atom is 0.400 e. The summed E-state index contributed by atoms with van der Waals surface area (Å²) >= 11 is 0. The van der Waals surface area contributed by atoms with E-state index in [4.69, 9.17) is 13.9 Å². The Morgan fingerprint density at radius 2 is 1.82 bits per heavy atom. The molecule has 3 aromatic rings. The molecule has 7 heteroatoms. The molecule has 0 bridgehead atoms. The molecule has 0 aliphatic rings. The number of hydrogen-bond donors (Lipinski definition) is 0. The van der Waals surface area contributed by atoms with Gasteiger partial charge in [0.1, 0.15) is 5.52 Å². The van der Waals surface area contributed by atoms with Gasteiger partial charge in [-0.05, 0) is 49.1 Å². The zero-order chi connectivity index (χ0) is 20.4. The van der Waals surface area contributed by atoms with Gasteiger partial charge in [0.05, 0.1) is 12.5 Å². The Morgan fingerprint density at radius 3 is 2.46 bits per heavy atom. The first-order valence-electron chi connectivity index (χ1n) is 9.03. The Labute approximate surface area is 161 Å². The Kier molecular flexibility index (Phi) is 5.54. The fraction of sp³-hybridized carbons (Fsp3) is 0.381. The van der Waals surface area contributed by atoms with Crippen molar-refractivity contribution in [1.29, 1.82) is 0 Å². The predicted octanol–water partition coefficient (Wildman–Crippen LogP) is 6.54. The van der Waals surface area contributed by atoms with Crippen molar-refractivity contribution in [3.8, 4) is 17.6 Å². The van der Waals surface area contributed by atoms with Crippen molar-refractivity contribution in [1.82, 2.24) is 4.98 Å². The molecule has 0 aliphatic heterocycles. The minimum Gasteiger partial charge on any atom is -0.493 e. The summed E-state index contributed by atoms with van der Waals surface area (Å²) in [5.41, 5.74) is 0.289. The lowest BCUT2D eigenvalue weighted by Crippen LogP contribution is -2.35. The summed E-state index contributed by atoms with van der Waals surface area (Å²) in [6.07, 6.45) is -3.85. The Hall–Kier alpha value is -2.70. The maximum atomic E-state index is 13.3. The van der Waals surface area contributed by atoms with E-state index in [-0.39, 0.29) is 25.3 Å². The fourth-order valence-electron chi connectivity index (χ4n) is 2.88. The van der Waals surface area contributed by atoms with Gasteiger partial charge in [0.25, 0.3) is 0 Å². The number of rotatable bonds is 7. The number of ether oxygens (including phenoxy) is 2. The van der Waals surface area contributed by atoms with Crippen LogP contribution in [0.15, 0.2) is 46.9 Å². The summed E-state index contributed by atoms with van der Waals surface area (Å²) in [4.78, 5) is 4.24. The molecule has 3 rings (SSSR count). The average molecular weight is 393 g/mol. The number of benzene rings is 2. The lowest BCUT2D eigenvalue weighted by atomic mass is 9.81. The third-order valence-corrected chi connectivity index (χ3v) is 5.13. The Bertz CT molecular complexity index is 918. The topological polar surface area (TPSA) is 44.5 Å². The van der Waals surface area contributed by atoms with Crippen LogP contribution >= 0.6 is 0 Å². The third-order valence-electron chi connectivity index (χ3n) is 5.13. The van der Waals surface area contributed by atoms with Gasteiger partial charge in [-0.15, -0.1) is 0 Å². The molecule has 1 unspecified atom stereocenters. The molecular formula is C21H22F3NO3. The van der Waals surface area contributed by atoms with Crippen LogP contribution in [0.1, 0.15) is 32.3 Å². The van der Waals surface area contributed by atoms with E-state index in [0.29, 0.717) is 22.6 Å². The molecule has 1 atom stereocenters. The molecule has 0 saturated heterocycles. The summed E-state index contributed by atoms with van der Waals surface area (Å²) in [5, 5.41) is 0. The van der Waals surface area contributed by atoms with Crippen LogP contribution in [0.4, 0.5) is 13.2 Å². The van der Waals surface area contributed by atoms with Crippen molar-refractivity contribution in [3.63, 3.8) is 0 Å². The molecule has 0 amide bonds. The third kappa shape index (κ3) is 4.08. The van der Waals surface area contributed by atoms with Crippen LogP contribution in [0.2, 0.25) is 0 Å². The van der Waals surface area contributed by atoms with Crippen LogP contribution in [0.5, 0.6) is 17.6 Å². The summed E-state index contributed by atoms with van der Waals surface area (Å²) < 4.78 is 56.4. The summed E-state index contributed by atoms with van der Waals surface area (Å²) in [7, 11) is 1.48. The molecule has 1 heterocycles. The van der Waals surface area contributed by atoms with Crippen molar-refractivity contribution >= 4 is 11.1 Å². The number of aromatic nitrogens is 1. The molecule has 0 radical (unpaired) electrons. The van der Waals surface area contributed by atoms with Gasteiger partial charge < -0.3 is 13.9 Å². The van der Waals surface area contributed by atoms with Crippen LogP contribution in [-0.4, -0.2) is 18.3 Å². The highest BCUT2D eigenvalue weighted by Gasteiger charge is 2.48. The molecule has 0 N–H and O–H groups in total. The smallest absolute Gasteiger partial charge is 0.400 e. The monoisotopic (exact) mass is 393 g/mol. The van der Waals surface area contributed by atoms with E-state index < -0.39 is 11.6 Å². The minimum absolute atomic E-state index is 0.00148. The Morgan fingerprint density at radius 1 is 1.07 bits per heavy atom. The van der Waals surface area contributed by atoms with Crippen LogP contribution in [0.25, 0.3) is 11.1 Å². The van der Waals surface area contributed by atoms with Crippen LogP contribution in [0.3, 0.4) is 0 Å². The Balaban J connectivity index is 1.76. The standard InChI is InChI=1S/C21H22F3NO3/c1-4-20(2,21(22,23)24)12-11-14-9-10-17(18(13-14)26-3)28-19-25-15-7-5-6-8-16(15)27-19/h5-10,13H,4,11-12H2,1-3H3. The van der Waals surface area contributed by atoms with E-state index >= 15 is 0 Å². The lowest BCUT2D eigenvalue weighted by Gasteiger charge is -2.31. The molecule has 0 fully saturated rings. The number of oxazole rings is 1. The number of aryl methyl sites for hydroxylation is 1. The SMILES string of the molecule is CCC(C)(CCc1ccc(Oc2nc3ccccc3o2)c(OC)c1)C(F)(F)F. The number of methoxy groups -OCH3 is 1. The van der Waals surface area contributed by atoms with Crippen molar-refractivity contribution in [2.45, 2.75) is 39.3 Å². The van der Waals surface area contributed by atoms with Gasteiger partial charge in [0, 0.05) is 0 Å². The fourth-order valence-corrected chi connectivity index (χ4v) is 2.88. The van der Waals surface area contributed by atoms with Crippen molar-refractivity contribution < 1.29 is 27.1 Å². The van der Waals surface area contributed by atoms with Gasteiger partial charge in [0.15, 0.2) is 17.1 Å². The highest BCUT2D eigenvalue weighted by molar-refractivity contribution is 5.72. The van der Waals surface area contributed by atoms with Gasteiger partial charge >= 0.3 is 12.3 Å². The lowest BCUT2D eigenvalue weighted by molar-refractivity contribution is -0.221. The largest absolute Gasteiger partial charge is 0.493 e. The maximum absolute atomic E-state index is 13.3. The van der Waals surface area contributed by atoms with Crippen LogP contribution in [0, 0.1) is 5.41 Å². The molecule has 150 valence electrons. The van der Waals surface area contributed by atoms with Crippen molar-refractivity contribution in [2.75, 3.05) is 7.11 Å². The number of halogens is 3. The van der Waals surface area contributed by atoms with E-state index in [1.165, 1.54) is 14.0 Å². The van der Waals surface area contributed by atoms with Crippen molar-refractivity contribution in [2.24, 2.45) is 5.41 Å². The van der Waals surface area contributed by atoms with Gasteiger partial charge in [-0.2, -0.15) is 18.2 Å². The summed E-state index contributed by atoms with van der Waals surface area (Å²) in [6.45, 7) is 2.82. The van der Waals surface area contributed by atoms with Gasteiger partial charge in [-0.1, -0.05) is 32.0 Å². The molecule has 0 aliphatic carbocycles. The van der Waals surface area contributed by atoms with Gasteiger partial charge in [-0.3, -0.25) is 0 Å². The summed E-state index contributed by atoms with van der Waals surface area (Å²) in [6, 6.07) is 12.3. The zero-order valence-corrected chi connectivity index (χ0v) is 16.0.